The van der Waals surface area contributed by atoms with Crippen LogP contribution in [0.1, 0.15) is 419 Å². The van der Waals surface area contributed by atoms with Crippen LogP contribution in [0, 0.1) is 0 Å². The number of rotatable bonds is 68. The molecule has 0 saturated carbocycles. The quantitative estimate of drug-likeness (QED) is 0.0261. The molecule has 0 aromatic heterocycles. The van der Waals surface area contributed by atoms with Crippen LogP contribution < -0.4 is 0 Å². The standard InChI is InChI=1S/C73H140O6/c1-4-7-10-13-16-19-22-25-28-30-32-34-35-36-37-38-40-41-43-45-48-51-54-57-60-63-66-72(75)78-69-70(68-77-71(74)65-62-59-56-53-50-47-27-24-21-18-15-12-9-6-3)79-73(76)67-64-61-58-55-52-49-46-44-42-39-33-31-29-26-23-20-17-14-11-8-5-2/h24,27,70H,4-23,25-26,28-69H2,1-3H3/b27-24-. The van der Waals surface area contributed by atoms with Gasteiger partial charge in [0, 0.05) is 19.3 Å². The summed E-state index contributed by atoms with van der Waals surface area (Å²) in [5, 5.41) is 0. The molecule has 1 unspecified atom stereocenters. The number of carbonyl (C=O) groups excluding carboxylic acids is 3. The van der Waals surface area contributed by atoms with E-state index in [1.54, 1.807) is 0 Å². The Hall–Kier alpha value is -1.85. The van der Waals surface area contributed by atoms with E-state index in [9.17, 15) is 14.4 Å². The van der Waals surface area contributed by atoms with Crippen LogP contribution >= 0.6 is 0 Å². The molecule has 0 spiro atoms. The number of carbonyl (C=O) groups is 3. The van der Waals surface area contributed by atoms with Crippen molar-refractivity contribution < 1.29 is 28.6 Å². The van der Waals surface area contributed by atoms with Gasteiger partial charge in [-0.3, -0.25) is 14.4 Å². The monoisotopic (exact) mass is 1110 g/mol. The van der Waals surface area contributed by atoms with E-state index in [1.807, 2.05) is 0 Å². The van der Waals surface area contributed by atoms with Gasteiger partial charge in [0.15, 0.2) is 6.10 Å². The predicted octanol–water partition coefficient (Wildman–Crippen LogP) is 24.8. The number of hydrogen-bond donors (Lipinski definition) is 0. The molecule has 0 saturated heterocycles. The predicted molar refractivity (Wildman–Crippen MR) is 344 cm³/mol. The maximum Gasteiger partial charge on any atom is 0.306 e. The van der Waals surface area contributed by atoms with Crippen LogP contribution in [0.5, 0.6) is 0 Å². The van der Waals surface area contributed by atoms with Crippen molar-refractivity contribution in [2.45, 2.75) is 425 Å². The second-order valence-electron chi connectivity index (χ2n) is 24.9. The van der Waals surface area contributed by atoms with Crippen LogP contribution in [0.2, 0.25) is 0 Å². The molecule has 0 aromatic carbocycles. The Morgan fingerprint density at radius 3 is 0.633 bits per heavy atom. The summed E-state index contributed by atoms with van der Waals surface area (Å²) in [6, 6.07) is 0. The van der Waals surface area contributed by atoms with Gasteiger partial charge in [-0.25, -0.2) is 0 Å². The minimum atomic E-state index is -0.770. The molecule has 0 rings (SSSR count). The Morgan fingerprint density at radius 2 is 0.418 bits per heavy atom. The maximum atomic E-state index is 13.0. The highest BCUT2D eigenvalue weighted by atomic mass is 16.6. The molecule has 6 heteroatoms. The highest BCUT2D eigenvalue weighted by Crippen LogP contribution is 2.19. The highest BCUT2D eigenvalue weighted by Gasteiger charge is 2.19. The summed E-state index contributed by atoms with van der Waals surface area (Å²) in [6.07, 6.45) is 82.5. The van der Waals surface area contributed by atoms with Gasteiger partial charge in [-0.2, -0.15) is 0 Å². The van der Waals surface area contributed by atoms with Crippen molar-refractivity contribution in [1.82, 2.24) is 0 Å². The van der Waals surface area contributed by atoms with Crippen molar-refractivity contribution in [1.29, 1.82) is 0 Å². The topological polar surface area (TPSA) is 78.9 Å². The largest absolute Gasteiger partial charge is 0.462 e. The summed E-state index contributed by atoms with van der Waals surface area (Å²) >= 11 is 0. The van der Waals surface area contributed by atoms with Crippen molar-refractivity contribution in [2.75, 3.05) is 13.2 Å². The third-order valence-electron chi connectivity index (χ3n) is 16.8. The second kappa shape index (κ2) is 68.6. The van der Waals surface area contributed by atoms with Crippen LogP contribution in [0.4, 0.5) is 0 Å². The minimum Gasteiger partial charge on any atom is -0.462 e. The zero-order valence-corrected chi connectivity index (χ0v) is 53.9. The van der Waals surface area contributed by atoms with E-state index in [-0.39, 0.29) is 31.1 Å². The average molecular weight is 1110 g/mol. The van der Waals surface area contributed by atoms with E-state index < -0.39 is 6.10 Å². The summed E-state index contributed by atoms with van der Waals surface area (Å²) < 4.78 is 17.0. The first-order valence-electron chi connectivity index (χ1n) is 36.2. The zero-order valence-electron chi connectivity index (χ0n) is 53.9. The van der Waals surface area contributed by atoms with Crippen molar-refractivity contribution in [3.05, 3.63) is 12.2 Å². The Bertz CT molecular complexity index is 1230. The lowest BCUT2D eigenvalue weighted by molar-refractivity contribution is -0.167. The molecule has 0 amide bonds. The number of unbranched alkanes of at least 4 members (excludes halogenated alkanes) is 55. The fraction of sp³-hybridized carbons (Fsp3) is 0.932. The number of ether oxygens (including phenoxy) is 3. The molecule has 0 heterocycles. The second-order valence-corrected chi connectivity index (χ2v) is 24.9. The fourth-order valence-corrected chi connectivity index (χ4v) is 11.3. The first-order valence-corrected chi connectivity index (χ1v) is 36.2. The van der Waals surface area contributed by atoms with Crippen LogP contribution in [-0.4, -0.2) is 37.2 Å². The molecule has 0 N–H and O–H groups in total. The summed E-state index contributed by atoms with van der Waals surface area (Å²) in [7, 11) is 0. The summed E-state index contributed by atoms with van der Waals surface area (Å²) in [5.41, 5.74) is 0. The van der Waals surface area contributed by atoms with Crippen LogP contribution in [0.3, 0.4) is 0 Å². The van der Waals surface area contributed by atoms with E-state index in [1.165, 1.54) is 315 Å². The van der Waals surface area contributed by atoms with Gasteiger partial charge in [0.2, 0.25) is 0 Å². The van der Waals surface area contributed by atoms with E-state index in [0.29, 0.717) is 19.3 Å². The van der Waals surface area contributed by atoms with Crippen molar-refractivity contribution >= 4 is 17.9 Å². The Morgan fingerprint density at radius 1 is 0.241 bits per heavy atom. The molecular weight excluding hydrogens is 973 g/mol. The highest BCUT2D eigenvalue weighted by molar-refractivity contribution is 5.71. The first kappa shape index (κ1) is 77.2. The third kappa shape index (κ3) is 66.8. The lowest BCUT2D eigenvalue weighted by Gasteiger charge is -2.18. The van der Waals surface area contributed by atoms with Gasteiger partial charge in [0.05, 0.1) is 0 Å². The zero-order chi connectivity index (χ0) is 57.1. The number of hydrogen-bond acceptors (Lipinski definition) is 6. The minimum absolute atomic E-state index is 0.0655. The summed E-state index contributed by atoms with van der Waals surface area (Å²) in [5.74, 6) is -0.838. The molecule has 0 aromatic rings. The van der Waals surface area contributed by atoms with E-state index in [0.717, 1.165) is 64.2 Å². The molecule has 468 valence electrons. The van der Waals surface area contributed by atoms with Crippen LogP contribution in [-0.2, 0) is 28.6 Å². The van der Waals surface area contributed by atoms with Crippen molar-refractivity contribution in [3.63, 3.8) is 0 Å². The number of esters is 3. The average Bonchev–Trinajstić information content (AvgIpc) is 3.45. The van der Waals surface area contributed by atoms with E-state index in [4.69, 9.17) is 14.2 Å². The van der Waals surface area contributed by atoms with Gasteiger partial charge in [-0.15, -0.1) is 0 Å². The van der Waals surface area contributed by atoms with Crippen molar-refractivity contribution in [3.8, 4) is 0 Å². The number of allylic oxidation sites excluding steroid dienone is 2. The van der Waals surface area contributed by atoms with Crippen LogP contribution in [0.15, 0.2) is 12.2 Å². The molecular formula is C73H140O6. The normalized spacial score (nSPS) is 12.0. The van der Waals surface area contributed by atoms with Crippen molar-refractivity contribution in [2.24, 2.45) is 0 Å². The van der Waals surface area contributed by atoms with Gasteiger partial charge in [0.1, 0.15) is 13.2 Å². The Labute approximate surface area is 494 Å². The molecule has 6 nitrogen and oxygen atoms in total. The van der Waals surface area contributed by atoms with Gasteiger partial charge in [-0.05, 0) is 44.9 Å². The summed E-state index contributed by atoms with van der Waals surface area (Å²) in [4.78, 5) is 38.4. The van der Waals surface area contributed by atoms with Gasteiger partial charge in [0.25, 0.3) is 0 Å². The van der Waals surface area contributed by atoms with E-state index >= 15 is 0 Å². The first-order chi connectivity index (χ1) is 39.0. The molecule has 0 aliphatic carbocycles. The lowest BCUT2D eigenvalue weighted by Crippen LogP contribution is -2.30. The molecule has 0 bridgehead atoms. The molecule has 0 aliphatic rings. The van der Waals surface area contributed by atoms with Gasteiger partial charge < -0.3 is 14.2 Å². The smallest absolute Gasteiger partial charge is 0.306 e. The Balaban J connectivity index is 4.20. The molecule has 1 atom stereocenters. The lowest BCUT2D eigenvalue weighted by atomic mass is 10.0. The summed E-state index contributed by atoms with van der Waals surface area (Å²) in [6.45, 7) is 6.72. The van der Waals surface area contributed by atoms with Gasteiger partial charge >= 0.3 is 17.9 Å². The Kier molecular flexibility index (Phi) is 67.0. The van der Waals surface area contributed by atoms with Crippen LogP contribution in [0.25, 0.3) is 0 Å². The molecule has 0 fully saturated rings. The van der Waals surface area contributed by atoms with E-state index in [2.05, 4.69) is 32.9 Å². The fourth-order valence-electron chi connectivity index (χ4n) is 11.3. The molecule has 0 aliphatic heterocycles. The third-order valence-corrected chi connectivity index (χ3v) is 16.8. The maximum absolute atomic E-state index is 13.0. The SMILES string of the molecule is CCCCCCC/C=C\CCCCCCCC(=O)OCC(COC(=O)CCCCCCCCCCCCCCCCCCCCCCCCCCCC)OC(=O)CCCCCCCCCCCCCCCCCCCCCCC. The van der Waals surface area contributed by atoms with Gasteiger partial charge in [-0.1, -0.05) is 367 Å². The molecule has 79 heavy (non-hydrogen) atoms. The molecule has 0 radical (unpaired) electrons.